The van der Waals surface area contributed by atoms with Gasteiger partial charge in [-0.25, -0.2) is 0 Å². The normalized spacial score (nSPS) is 19.9. The van der Waals surface area contributed by atoms with Crippen molar-refractivity contribution in [1.82, 2.24) is 4.98 Å². The van der Waals surface area contributed by atoms with Crippen LogP contribution in [0.5, 0.6) is 0 Å². The van der Waals surface area contributed by atoms with Crippen LogP contribution in [0.15, 0.2) is 60.4 Å². The first kappa shape index (κ1) is 42.3. The van der Waals surface area contributed by atoms with E-state index in [2.05, 4.69) is 117 Å². The van der Waals surface area contributed by atoms with Gasteiger partial charge >= 0.3 is 0 Å². The Morgan fingerprint density at radius 2 is 1.41 bits per heavy atom. The minimum Gasteiger partial charge on any atom is -0.512 e. The molecule has 7 rings (SSSR count). The second-order valence-electron chi connectivity index (χ2n) is 19.6. The standard InChI is InChI=1S/C31H34N.C19H32O2.Ir/c1-20-15-21(2)30-26(22-11-7-6-8-12-22)19-28(32-29(30)16-20)24-17-23-13-9-10-14-25(23)27(18-24)31(3,4)5;1-18(2)9-5-14(6-10-18)16(20)13-17(21)15-7-11-19(3,4)12-8-15;/h9-10,13-16,18-19,22H,6-8,11-12H2,1-5H3;13-15,20H,5-12H2,1-4H3;/q-1;;/b;16-13-;. The molecule has 3 aromatic carbocycles. The van der Waals surface area contributed by atoms with Gasteiger partial charge < -0.3 is 5.11 Å². The zero-order valence-corrected chi connectivity index (χ0v) is 37.2. The molecule has 0 unspecified atom stereocenters. The number of pyridine rings is 1. The van der Waals surface area contributed by atoms with E-state index in [9.17, 15) is 9.90 Å². The number of allylic oxidation sites excluding steroid dienone is 2. The summed E-state index contributed by atoms with van der Waals surface area (Å²) in [5.74, 6) is 1.49. The van der Waals surface area contributed by atoms with Gasteiger partial charge in [0.05, 0.1) is 11.3 Å². The summed E-state index contributed by atoms with van der Waals surface area (Å²) in [5.41, 5.74) is 9.67. The number of carbonyl (C=O) groups excluding carboxylic acids is 1. The number of carbonyl (C=O) groups is 1. The molecule has 0 saturated heterocycles. The van der Waals surface area contributed by atoms with Crippen LogP contribution in [-0.2, 0) is 30.3 Å². The van der Waals surface area contributed by atoms with E-state index in [1.54, 1.807) is 6.08 Å². The number of hydrogen-bond donors (Lipinski definition) is 1. The molecule has 1 heterocycles. The fourth-order valence-electron chi connectivity index (χ4n) is 9.41. The van der Waals surface area contributed by atoms with Crippen LogP contribution in [0.4, 0.5) is 0 Å². The van der Waals surface area contributed by atoms with Crippen molar-refractivity contribution in [2.24, 2.45) is 22.7 Å². The predicted molar refractivity (Wildman–Crippen MR) is 225 cm³/mol. The molecular weight excluding hydrogens is 839 g/mol. The largest absolute Gasteiger partial charge is 0.512 e. The second-order valence-corrected chi connectivity index (χ2v) is 19.6. The SMILES string of the molecule is CC1(C)CCC(C(=O)/C=C(\O)C2CCC(C)(C)CC2)CC1.Cc1cc(C)c2c(C3CCCCC3)cc(-c3[c-]c4ccccc4c(C(C)(C)C)c3)nc2c1.[Ir]. The number of rotatable bonds is 5. The molecule has 4 aromatic rings. The van der Waals surface area contributed by atoms with Crippen LogP contribution in [-0.4, -0.2) is 15.9 Å². The minimum atomic E-state index is 0. The number of hydrogen-bond acceptors (Lipinski definition) is 3. The van der Waals surface area contributed by atoms with Crippen LogP contribution in [0.2, 0.25) is 0 Å². The van der Waals surface area contributed by atoms with E-state index < -0.39 is 0 Å². The molecular formula is C50H66IrNO2-. The third-order valence-corrected chi connectivity index (χ3v) is 13.0. The molecule has 1 radical (unpaired) electrons. The number of ketones is 1. The average Bonchev–Trinajstić information content (AvgIpc) is 3.10. The summed E-state index contributed by atoms with van der Waals surface area (Å²) >= 11 is 0. The first-order valence-corrected chi connectivity index (χ1v) is 20.8. The summed E-state index contributed by atoms with van der Waals surface area (Å²) in [6.45, 7) is 20.5. The van der Waals surface area contributed by atoms with Gasteiger partial charge in [-0.1, -0.05) is 109 Å². The van der Waals surface area contributed by atoms with E-state index in [4.69, 9.17) is 4.98 Å². The quantitative estimate of drug-likeness (QED) is 0.123. The molecule has 3 aliphatic rings. The molecule has 0 spiro atoms. The second kappa shape index (κ2) is 17.1. The topological polar surface area (TPSA) is 50.2 Å². The van der Waals surface area contributed by atoms with E-state index in [1.807, 2.05) is 0 Å². The first-order chi connectivity index (χ1) is 25.0. The molecule has 293 valence electrons. The van der Waals surface area contributed by atoms with Gasteiger partial charge in [-0.05, 0) is 123 Å². The van der Waals surface area contributed by atoms with Crippen LogP contribution in [0.1, 0.15) is 160 Å². The summed E-state index contributed by atoms with van der Waals surface area (Å²) in [6, 6.07) is 21.7. The number of aryl methyl sites for hydroxylation is 2. The third kappa shape index (κ3) is 10.1. The summed E-state index contributed by atoms with van der Waals surface area (Å²) < 4.78 is 0. The maximum absolute atomic E-state index is 12.4. The molecule has 1 N–H and O–H groups in total. The molecule has 0 aliphatic heterocycles. The maximum Gasteiger partial charge on any atom is 0.162 e. The molecule has 3 saturated carbocycles. The van der Waals surface area contributed by atoms with Crippen LogP contribution >= 0.6 is 0 Å². The van der Waals surface area contributed by atoms with Crippen LogP contribution in [0.3, 0.4) is 0 Å². The van der Waals surface area contributed by atoms with Gasteiger partial charge in [-0.2, -0.15) is 0 Å². The van der Waals surface area contributed by atoms with Gasteiger partial charge in [-0.15, -0.1) is 29.1 Å². The van der Waals surface area contributed by atoms with Gasteiger partial charge in [-0.3, -0.25) is 9.78 Å². The monoisotopic (exact) mass is 905 g/mol. The zero-order chi connectivity index (χ0) is 38.1. The summed E-state index contributed by atoms with van der Waals surface area (Å²) in [6.07, 6.45) is 16.7. The molecule has 3 fully saturated rings. The molecule has 0 bridgehead atoms. The predicted octanol–water partition coefficient (Wildman–Crippen LogP) is 14.2. The number of aliphatic hydroxyl groups excluding tert-OH is 1. The minimum absolute atomic E-state index is 0. The van der Waals surface area contributed by atoms with Crippen molar-refractivity contribution >= 4 is 27.5 Å². The smallest absolute Gasteiger partial charge is 0.162 e. The Morgan fingerprint density at radius 3 is 2.02 bits per heavy atom. The zero-order valence-electron chi connectivity index (χ0n) is 34.8. The van der Waals surface area contributed by atoms with Crippen molar-refractivity contribution < 1.29 is 30.0 Å². The van der Waals surface area contributed by atoms with Crippen molar-refractivity contribution in [3.05, 3.63) is 88.7 Å². The Morgan fingerprint density at radius 1 is 0.815 bits per heavy atom. The molecule has 0 amide bonds. The van der Waals surface area contributed by atoms with Crippen molar-refractivity contribution in [3.63, 3.8) is 0 Å². The number of benzene rings is 3. The Balaban J connectivity index is 0.000000223. The first-order valence-electron chi connectivity index (χ1n) is 20.8. The fraction of sp³-hybridized carbons (Fsp3) is 0.560. The van der Waals surface area contributed by atoms with Crippen molar-refractivity contribution in [2.75, 3.05) is 0 Å². The van der Waals surface area contributed by atoms with Crippen LogP contribution in [0, 0.1) is 42.6 Å². The van der Waals surface area contributed by atoms with Gasteiger partial charge in [0.2, 0.25) is 0 Å². The molecule has 3 nitrogen and oxygen atoms in total. The van der Waals surface area contributed by atoms with E-state index in [0.717, 1.165) is 68.1 Å². The Labute approximate surface area is 340 Å². The van der Waals surface area contributed by atoms with Gasteiger partial charge in [0.15, 0.2) is 5.78 Å². The van der Waals surface area contributed by atoms with Crippen molar-refractivity contribution in [1.29, 1.82) is 0 Å². The number of fused-ring (bicyclic) bond motifs is 2. The number of nitrogens with zero attached hydrogens (tertiary/aromatic N) is 1. The van der Waals surface area contributed by atoms with Crippen LogP contribution < -0.4 is 0 Å². The van der Waals surface area contributed by atoms with Gasteiger partial charge in [0, 0.05) is 49.1 Å². The summed E-state index contributed by atoms with van der Waals surface area (Å²) in [7, 11) is 0. The van der Waals surface area contributed by atoms with Crippen molar-refractivity contribution in [3.8, 4) is 11.3 Å². The summed E-state index contributed by atoms with van der Waals surface area (Å²) in [4.78, 5) is 17.6. The maximum atomic E-state index is 12.4. The van der Waals surface area contributed by atoms with Gasteiger partial charge in [0.25, 0.3) is 0 Å². The average molecular weight is 905 g/mol. The number of aliphatic hydroxyl groups is 1. The molecule has 1 aromatic heterocycles. The third-order valence-electron chi connectivity index (χ3n) is 13.0. The van der Waals surface area contributed by atoms with Gasteiger partial charge in [0.1, 0.15) is 0 Å². The Bertz CT molecular complexity index is 1950. The van der Waals surface area contributed by atoms with Crippen molar-refractivity contribution in [2.45, 2.75) is 157 Å². The number of aromatic nitrogens is 1. The molecule has 0 atom stereocenters. The Hall–Kier alpha value is -2.81. The fourth-order valence-corrected chi connectivity index (χ4v) is 9.41. The van der Waals surface area contributed by atoms with E-state index in [1.165, 1.54) is 70.5 Å². The Kier molecular flexibility index (Phi) is 13.4. The summed E-state index contributed by atoms with van der Waals surface area (Å²) in [5, 5.41) is 14.1. The molecule has 4 heteroatoms. The molecule has 3 aliphatic carbocycles. The molecule has 54 heavy (non-hydrogen) atoms. The van der Waals surface area contributed by atoms with E-state index in [0.29, 0.717) is 22.5 Å². The van der Waals surface area contributed by atoms with E-state index >= 15 is 0 Å². The van der Waals surface area contributed by atoms with Crippen LogP contribution in [0.25, 0.3) is 32.9 Å². The van der Waals surface area contributed by atoms with E-state index in [-0.39, 0.29) is 43.1 Å².